The molecule has 2 rings (SSSR count). The molecule has 0 bridgehead atoms. The van der Waals surface area contributed by atoms with Gasteiger partial charge in [0.05, 0.1) is 19.3 Å². The predicted octanol–water partition coefficient (Wildman–Crippen LogP) is -0.305. The molecule has 5 nitrogen and oxygen atoms in total. The summed E-state index contributed by atoms with van der Waals surface area (Å²) in [5, 5.41) is 21.3. The second-order valence-corrected chi connectivity index (χ2v) is 4.43. The van der Waals surface area contributed by atoms with E-state index in [1.165, 1.54) is 6.07 Å². The van der Waals surface area contributed by atoms with E-state index in [1.54, 1.807) is 0 Å². The largest absolute Gasteiger partial charge is 0.395 e. The summed E-state index contributed by atoms with van der Waals surface area (Å²) in [4.78, 5) is 14.1. The van der Waals surface area contributed by atoms with Gasteiger partial charge in [-0.25, -0.2) is 0 Å². The van der Waals surface area contributed by atoms with Crippen LogP contribution in [0.1, 0.15) is 30.1 Å². The number of aliphatic hydroxyl groups is 2. The molecule has 0 spiro atoms. The number of aryl methyl sites for hydroxylation is 1. The highest BCUT2D eigenvalue weighted by Crippen LogP contribution is 2.27. The van der Waals surface area contributed by atoms with Crippen molar-refractivity contribution in [2.75, 3.05) is 13.2 Å². The minimum Gasteiger partial charge on any atom is -0.395 e. The summed E-state index contributed by atoms with van der Waals surface area (Å²) in [5.74, 6) is 0. The number of hydrogen-bond donors (Lipinski definition) is 4. The highest BCUT2D eigenvalue weighted by molar-refractivity contribution is 5.26. The third-order valence-corrected chi connectivity index (χ3v) is 3.21. The molecule has 1 heterocycles. The fourth-order valence-electron chi connectivity index (χ4n) is 2.32. The molecule has 0 aliphatic heterocycles. The SMILES string of the molecule is O=c1ccc2c([nH]1)CCCC2NC(CO)CO. The molecule has 0 fully saturated rings. The van der Waals surface area contributed by atoms with E-state index in [0.29, 0.717) is 0 Å². The maximum atomic E-state index is 11.2. The van der Waals surface area contributed by atoms with Crippen LogP contribution in [0.25, 0.3) is 0 Å². The first-order chi connectivity index (χ1) is 8.24. The van der Waals surface area contributed by atoms with Crippen LogP contribution in [-0.2, 0) is 6.42 Å². The number of hydrogen-bond acceptors (Lipinski definition) is 4. The quantitative estimate of drug-likeness (QED) is 0.580. The number of rotatable bonds is 4. The molecular weight excluding hydrogens is 220 g/mol. The maximum absolute atomic E-state index is 11.2. The Kier molecular flexibility index (Phi) is 3.93. The minimum absolute atomic E-state index is 0.0785. The molecule has 5 heteroatoms. The van der Waals surface area contributed by atoms with Crippen molar-refractivity contribution < 1.29 is 10.2 Å². The monoisotopic (exact) mass is 238 g/mol. The Labute approximate surface area is 99.5 Å². The zero-order valence-electron chi connectivity index (χ0n) is 9.65. The Morgan fingerprint density at radius 1 is 1.41 bits per heavy atom. The van der Waals surface area contributed by atoms with E-state index in [0.717, 1.165) is 30.5 Å². The molecule has 1 atom stereocenters. The van der Waals surface area contributed by atoms with Gasteiger partial charge in [0.25, 0.3) is 0 Å². The van der Waals surface area contributed by atoms with Gasteiger partial charge in [-0.2, -0.15) is 0 Å². The van der Waals surface area contributed by atoms with E-state index < -0.39 is 0 Å². The highest BCUT2D eigenvalue weighted by Gasteiger charge is 2.22. The van der Waals surface area contributed by atoms with E-state index in [-0.39, 0.29) is 30.9 Å². The Hall–Kier alpha value is -1.17. The maximum Gasteiger partial charge on any atom is 0.248 e. The lowest BCUT2D eigenvalue weighted by molar-refractivity contribution is 0.159. The topological polar surface area (TPSA) is 85.4 Å². The fraction of sp³-hybridized carbons (Fsp3) is 0.583. The fourth-order valence-corrected chi connectivity index (χ4v) is 2.32. The lowest BCUT2D eigenvalue weighted by Crippen LogP contribution is -2.40. The highest BCUT2D eigenvalue weighted by atomic mass is 16.3. The number of aromatic amines is 1. The van der Waals surface area contributed by atoms with Crippen molar-refractivity contribution in [2.45, 2.75) is 31.3 Å². The lowest BCUT2D eigenvalue weighted by atomic mass is 9.91. The van der Waals surface area contributed by atoms with Crippen LogP contribution >= 0.6 is 0 Å². The zero-order chi connectivity index (χ0) is 12.3. The van der Waals surface area contributed by atoms with Crippen LogP contribution in [0.5, 0.6) is 0 Å². The Morgan fingerprint density at radius 2 is 2.18 bits per heavy atom. The minimum atomic E-state index is -0.308. The molecule has 0 saturated heterocycles. The summed E-state index contributed by atoms with van der Waals surface area (Å²) < 4.78 is 0. The number of fused-ring (bicyclic) bond motifs is 1. The van der Waals surface area contributed by atoms with Crippen molar-refractivity contribution in [2.24, 2.45) is 0 Å². The first-order valence-corrected chi connectivity index (χ1v) is 5.94. The molecule has 94 valence electrons. The molecule has 4 N–H and O–H groups in total. The van der Waals surface area contributed by atoms with Crippen LogP contribution in [0.2, 0.25) is 0 Å². The third-order valence-electron chi connectivity index (χ3n) is 3.21. The summed E-state index contributed by atoms with van der Waals surface area (Å²) in [6.07, 6.45) is 2.83. The molecule has 0 aromatic carbocycles. The van der Waals surface area contributed by atoms with Crippen LogP contribution in [-0.4, -0.2) is 34.5 Å². The molecule has 0 amide bonds. The van der Waals surface area contributed by atoms with Crippen molar-refractivity contribution in [1.82, 2.24) is 10.3 Å². The molecule has 1 aliphatic rings. The summed E-state index contributed by atoms with van der Waals surface area (Å²) in [7, 11) is 0. The molecule has 1 aromatic rings. The van der Waals surface area contributed by atoms with E-state index in [1.807, 2.05) is 6.07 Å². The summed E-state index contributed by atoms with van der Waals surface area (Å²) >= 11 is 0. The second-order valence-electron chi connectivity index (χ2n) is 4.43. The first kappa shape index (κ1) is 12.3. The van der Waals surface area contributed by atoms with Crippen molar-refractivity contribution in [3.63, 3.8) is 0 Å². The van der Waals surface area contributed by atoms with Crippen LogP contribution in [0, 0.1) is 0 Å². The Morgan fingerprint density at radius 3 is 2.88 bits per heavy atom. The van der Waals surface area contributed by atoms with Crippen LogP contribution in [0.15, 0.2) is 16.9 Å². The van der Waals surface area contributed by atoms with Gasteiger partial charge in [-0.1, -0.05) is 6.07 Å². The van der Waals surface area contributed by atoms with Gasteiger partial charge in [0.1, 0.15) is 0 Å². The number of nitrogens with one attached hydrogen (secondary N) is 2. The molecule has 1 unspecified atom stereocenters. The number of aromatic nitrogens is 1. The second kappa shape index (κ2) is 5.44. The molecule has 1 aromatic heterocycles. The van der Waals surface area contributed by atoms with Crippen molar-refractivity contribution in [3.05, 3.63) is 33.7 Å². The van der Waals surface area contributed by atoms with Crippen molar-refractivity contribution in [3.8, 4) is 0 Å². The van der Waals surface area contributed by atoms with Gasteiger partial charge in [-0.15, -0.1) is 0 Å². The van der Waals surface area contributed by atoms with E-state index in [2.05, 4.69) is 10.3 Å². The average Bonchev–Trinajstić information content (AvgIpc) is 2.35. The molecule has 17 heavy (non-hydrogen) atoms. The summed E-state index contributed by atoms with van der Waals surface area (Å²) in [6.45, 7) is -0.183. The van der Waals surface area contributed by atoms with E-state index in [4.69, 9.17) is 10.2 Å². The third kappa shape index (κ3) is 2.74. The van der Waals surface area contributed by atoms with Gasteiger partial charge in [0.2, 0.25) is 5.56 Å². The smallest absolute Gasteiger partial charge is 0.248 e. The Bertz CT molecular complexity index is 426. The van der Waals surface area contributed by atoms with Crippen molar-refractivity contribution in [1.29, 1.82) is 0 Å². The van der Waals surface area contributed by atoms with Gasteiger partial charge in [-0.3, -0.25) is 4.79 Å². The van der Waals surface area contributed by atoms with Gasteiger partial charge >= 0.3 is 0 Å². The van der Waals surface area contributed by atoms with Crippen molar-refractivity contribution >= 4 is 0 Å². The normalized spacial score (nSPS) is 19.4. The molecule has 1 aliphatic carbocycles. The number of H-pyrrole nitrogens is 1. The van der Waals surface area contributed by atoms with Crippen LogP contribution < -0.4 is 10.9 Å². The van der Waals surface area contributed by atoms with Crippen LogP contribution in [0.4, 0.5) is 0 Å². The number of pyridine rings is 1. The molecule has 0 radical (unpaired) electrons. The van der Waals surface area contributed by atoms with E-state index in [9.17, 15) is 4.79 Å². The lowest BCUT2D eigenvalue weighted by Gasteiger charge is -2.28. The first-order valence-electron chi connectivity index (χ1n) is 5.94. The summed E-state index contributed by atoms with van der Waals surface area (Å²) in [6, 6.07) is 3.14. The Balaban J connectivity index is 2.19. The van der Waals surface area contributed by atoms with Gasteiger partial charge in [0, 0.05) is 17.8 Å². The van der Waals surface area contributed by atoms with Gasteiger partial charge < -0.3 is 20.5 Å². The average molecular weight is 238 g/mol. The van der Waals surface area contributed by atoms with Gasteiger partial charge in [-0.05, 0) is 24.8 Å². The summed E-state index contributed by atoms with van der Waals surface area (Å²) in [5.41, 5.74) is 1.96. The standard InChI is InChI=1S/C12H18N2O3/c15-6-8(7-16)13-10-2-1-3-11-9(10)4-5-12(17)14-11/h4-5,8,10,13,15-16H,1-3,6-7H2,(H,14,17). The van der Waals surface area contributed by atoms with Crippen LogP contribution in [0.3, 0.4) is 0 Å². The zero-order valence-corrected chi connectivity index (χ0v) is 9.65. The van der Waals surface area contributed by atoms with E-state index >= 15 is 0 Å². The van der Waals surface area contributed by atoms with Gasteiger partial charge in [0.15, 0.2) is 0 Å². The molecule has 0 saturated carbocycles. The number of aliphatic hydroxyl groups excluding tert-OH is 2. The predicted molar refractivity (Wildman–Crippen MR) is 63.8 cm³/mol. The molecular formula is C12H18N2O3.